The van der Waals surface area contributed by atoms with Gasteiger partial charge < -0.3 is 5.32 Å². The van der Waals surface area contributed by atoms with Gasteiger partial charge in [-0.2, -0.15) is 0 Å². The Kier molecular flexibility index (Phi) is 5.58. The molecular weight excluding hydrogens is 304 g/mol. The number of carbonyl (C=O) groups excluding carboxylic acids is 1. The molecule has 0 saturated carbocycles. The van der Waals surface area contributed by atoms with Gasteiger partial charge in [0.15, 0.2) is 4.34 Å². The molecule has 2 amide bonds. The smallest absolute Gasteiger partial charge is 0.308 e. The molecule has 0 saturated heterocycles. The van der Waals surface area contributed by atoms with Crippen molar-refractivity contribution in [2.24, 2.45) is 0 Å². The Labute approximate surface area is 132 Å². The van der Waals surface area contributed by atoms with E-state index < -0.39 is 0 Å². The molecule has 2 rings (SSSR count). The topological polar surface area (TPSA) is 66.9 Å². The lowest BCUT2D eigenvalue weighted by molar-refractivity contribution is 0.262. The number of aryl methyl sites for hydroxylation is 1. The van der Waals surface area contributed by atoms with Crippen LogP contribution < -0.4 is 10.6 Å². The van der Waals surface area contributed by atoms with Gasteiger partial charge in [0, 0.05) is 10.9 Å². The normalized spacial score (nSPS) is 12.0. The van der Waals surface area contributed by atoms with E-state index in [1.165, 1.54) is 11.3 Å². The summed E-state index contributed by atoms with van der Waals surface area (Å²) < 4.78 is 0.870. The summed E-state index contributed by atoms with van der Waals surface area (Å²) in [6.07, 6.45) is 1.07. The summed E-state index contributed by atoms with van der Waals surface area (Å²) in [6, 6.07) is 7.30. The zero-order valence-electron chi connectivity index (χ0n) is 12.2. The summed E-state index contributed by atoms with van der Waals surface area (Å²) in [5, 5.41) is 14.5. The molecule has 21 heavy (non-hydrogen) atoms. The van der Waals surface area contributed by atoms with Gasteiger partial charge in [-0.05, 0) is 25.5 Å². The molecule has 0 aliphatic carbocycles. The summed E-state index contributed by atoms with van der Waals surface area (Å²) in [5.74, 6) is 0. The van der Waals surface area contributed by atoms with Crippen molar-refractivity contribution >= 4 is 39.9 Å². The second kappa shape index (κ2) is 7.42. The molecule has 1 heterocycles. The van der Waals surface area contributed by atoms with Crippen molar-refractivity contribution in [2.45, 2.75) is 36.8 Å². The number of thioether (sulfide) groups is 1. The minimum Gasteiger partial charge on any atom is -0.308 e. The first-order valence-electron chi connectivity index (χ1n) is 6.71. The van der Waals surface area contributed by atoms with Crippen molar-refractivity contribution in [1.29, 1.82) is 0 Å². The van der Waals surface area contributed by atoms with Gasteiger partial charge in [0.05, 0.1) is 0 Å². The maximum absolute atomic E-state index is 11.9. The number of nitrogens with one attached hydrogen (secondary N) is 2. The number of carbonyl (C=O) groups is 1. The molecular formula is C14H18N4OS2. The molecule has 0 radical (unpaired) electrons. The maximum atomic E-state index is 11.9. The Morgan fingerprint density at radius 1 is 1.29 bits per heavy atom. The first kappa shape index (κ1) is 15.8. The van der Waals surface area contributed by atoms with E-state index >= 15 is 0 Å². The van der Waals surface area contributed by atoms with Crippen LogP contribution in [-0.2, 0) is 0 Å². The quantitative estimate of drug-likeness (QED) is 0.633. The summed E-state index contributed by atoms with van der Waals surface area (Å²) >= 11 is 3.06. The van der Waals surface area contributed by atoms with E-state index in [2.05, 4.69) is 34.7 Å². The summed E-state index contributed by atoms with van der Waals surface area (Å²) in [6.45, 7) is 6.28. The number of hydrogen-bond acceptors (Lipinski definition) is 5. The number of urea groups is 1. The molecule has 2 N–H and O–H groups in total. The van der Waals surface area contributed by atoms with Crippen LogP contribution in [0.15, 0.2) is 28.6 Å². The van der Waals surface area contributed by atoms with Gasteiger partial charge >= 0.3 is 6.03 Å². The standard InChI is InChI=1S/C14H18N4OS2/c1-4-10(3)20-14-18-17-13(21-14)16-12(19)15-11-7-5-9(2)6-8-11/h5-8,10H,4H2,1-3H3,(H2,15,16,17,19)/t10-/m0/s1. The molecule has 1 aromatic carbocycles. The molecule has 112 valence electrons. The average Bonchev–Trinajstić information content (AvgIpc) is 2.88. The second-order valence-electron chi connectivity index (χ2n) is 4.65. The summed E-state index contributed by atoms with van der Waals surface area (Å²) in [5.41, 5.74) is 1.90. The highest BCUT2D eigenvalue weighted by atomic mass is 32.2. The minimum absolute atomic E-state index is 0.310. The van der Waals surface area contributed by atoms with Gasteiger partial charge in [0.25, 0.3) is 0 Å². The average molecular weight is 322 g/mol. The number of aromatic nitrogens is 2. The Balaban J connectivity index is 1.89. The monoisotopic (exact) mass is 322 g/mol. The maximum Gasteiger partial charge on any atom is 0.325 e. The van der Waals surface area contributed by atoms with Crippen LogP contribution >= 0.6 is 23.1 Å². The molecule has 0 aliphatic rings. The first-order valence-corrected chi connectivity index (χ1v) is 8.41. The third-order valence-corrected chi connectivity index (χ3v) is 5.00. The third-order valence-electron chi connectivity index (χ3n) is 2.81. The fourth-order valence-corrected chi connectivity index (χ4v) is 3.45. The lowest BCUT2D eigenvalue weighted by Crippen LogP contribution is -2.19. The lowest BCUT2D eigenvalue weighted by Gasteiger charge is -2.05. The van der Waals surface area contributed by atoms with Crippen LogP contribution in [0, 0.1) is 6.92 Å². The van der Waals surface area contributed by atoms with E-state index in [4.69, 9.17) is 0 Å². The van der Waals surface area contributed by atoms with Crippen LogP contribution in [0.4, 0.5) is 15.6 Å². The van der Waals surface area contributed by atoms with Gasteiger partial charge in [-0.1, -0.05) is 54.6 Å². The van der Waals surface area contributed by atoms with E-state index in [1.807, 2.05) is 31.2 Å². The predicted molar refractivity (Wildman–Crippen MR) is 89.3 cm³/mol. The number of nitrogens with zero attached hydrogens (tertiary/aromatic N) is 2. The molecule has 1 atom stereocenters. The fourth-order valence-electron chi connectivity index (χ4n) is 1.46. The minimum atomic E-state index is -0.310. The van der Waals surface area contributed by atoms with E-state index in [9.17, 15) is 4.79 Å². The molecule has 0 spiro atoms. The molecule has 0 aliphatic heterocycles. The van der Waals surface area contributed by atoms with Gasteiger partial charge in [-0.3, -0.25) is 5.32 Å². The number of benzene rings is 1. The molecule has 0 unspecified atom stereocenters. The SMILES string of the molecule is CC[C@H](C)Sc1nnc(NC(=O)Nc2ccc(C)cc2)s1. The van der Waals surface area contributed by atoms with Crippen LogP contribution in [0.5, 0.6) is 0 Å². The number of anilines is 2. The van der Waals surface area contributed by atoms with Crippen molar-refractivity contribution in [1.82, 2.24) is 10.2 Å². The number of hydrogen-bond donors (Lipinski definition) is 2. The number of amides is 2. The van der Waals surface area contributed by atoms with Gasteiger partial charge in [-0.15, -0.1) is 10.2 Å². The molecule has 0 bridgehead atoms. The molecule has 2 aromatic rings. The van der Waals surface area contributed by atoms with Gasteiger partial charge in [0.1, 0.15) is 0 Å². The summed E-state index contributed by atoms with van der Waals surface area (Å²) in [7, 11) is 0. The Morgan fingerprint density at radius 2 is 2.00 bits per heavy atom. The van der Waals surface area contributed by atoms with Crippen molar-refractivity contribution in [3.63, 3.8) is 0 Å². The van der Waals surface area contributed by atoms with Gasteiger partial charge in [0.2, 0.25) is 5.13 Å². The zero-order valence-corrected chi connectivity index (χ0v) is 13.8. The molecule has 0 fully saturated rings. The predicted octanol–water partition coefficient (Wildman–Crippen LogP) is 4.38. The van der Waals surface area contributed by atoms with E-state index in [1.54, 1.807) is 11.8 Å². The van der Waals surface area contributed by atoms with Crippen molar-refractivity contribution in [2.75, 3.05) is 10.6 Å². The van der Waals surface area contributed by atoms with Crippen LogP contribution in [0.1, 0.15) is 25.8 Å². The lowest BCUT2D eigenvalue weighted by atomic mass is 10.2. The molecule has 1 aromatic heterocycles. The van der Waals surface area contributed by atoms with Crippen LogP contribution in [0.25, 0.3) is 0 Å². The highest BCUT2D eigenvalue weighted by Crippen LogP contribution is 2.29. The van der Waals surface area contributed by atoms with E-state index in [-0.39, 0.29) is 6.03 Å². The Bertz CT molecular complexity index is 597. The first-order chi connectivity index (χ1) is 10.1. The van der Waals surface area contributed by atoms with Crippen LogP contribution in [0.3, 0.4) is 0 Å². The largest absolute Gasteiger partial charge is 0.325 e. The second-order valence-corrected chi connectivity index (χ2v) is 7.32. The summed E-state index contributed by atoms with van der Waals surface area (Å²) in [4.78, 5) is 11.9. The molecule has 7 heteroatoms. The van der Waals surface area contributed by atoms with Crippen LogP contribution in [-0.4, -0.2) is 21.5 Å². The molecule has 5 nitrogen and oxygen atoms in total. The van der Waals surface area contributed by atoms with Crippen LogP contribution in [0.2, 0.25) is 0 Å². The van der Waals surface area contributed by atoms with E-state index in [0.717, 1.165) is 22.0 Å². The fraction of sp³-hybridized carbons (Fsp3) is 0.357. The highest BCUT2D eigenvalue weighted by molar-refractivity contribution is 8.01. The van der Waals surface area contributed by atoms with Gasteiger partial charge in [-0.25, -0.2) is 4.79 Å². The van der Waals surface area contributed by atoms with Crippen molar-refractivity contribution in [3.8, 4) is 0 Å². The Morgan fingerprint density at radius 3 is 2.67 bits per heavy atom. The Hall–Kier alpha value is -1.60. The van der Waals surface area contributed by atoms with Crippen molar-refractivity contribution in [3.05, 3.63) is 29.8 Å². The zero-order chi connectivity index (χ0) is 15.2. The third kappa shape index (κ3) is 5.02. The number of rotatable bonds is 5. The van der Waals surface area contributed by atoms with E-state index in [0.29, 0.717) is 10.4 Å². The van der Waals surface area contributed by atoms with Crippen molar-refractivity contribution < 1.29 is 4.79 Å². The highest BCUT2D eigenvalue weighted by Gasteiger charge is 2.10.